The molecule has 0 spiro atoms. The smallest absolute Gasteiger partial charge is 0.250 e. The molecule has 2 aromatic rings. The van der Waals surface area contributed by atoms with Crippen molar-refractivity contribution in [3.8, 4) is 0 Å². The number of benzene rings is 2. The molecule has 0 radical (unpaired) electrons. The molecule has 1 aliphatic rings. The average molecular weight is 416 g/mol. The van der Waals surface area contributed by atoms with Crippen LogP contribution in [0.4, 0.5) is 5.69 Å². The fraction of sp³-hybridized carbons (Fsp3) is 0.200. The van der Waals surface area contributed by atoms with E-state index in [0.717, 1.165) is 18.4 Å². The summed E-state index contributed by atoms with van der Waals surface area (Å²) in [6, 6.07) is 15.8. The van der Waals surface area contributed by atoms with Gasteiger partial charge in [-0.15, -0.1) is 0 Å². The summed E-state index contributed by atoms with van der Waals surface area (Å²) in [6.07, 6.45) is 4.88. The summed E-state index contributed by atoms with van der Waals surface area (Å²) < 4.78 is 26.5. The van der Waals surface area contributed by atoms with Gasteiger partial charge in [-0.1, -0.05) is 30.3 Å². The molecule has 0 bridgehead atoms. The molecule has 1 saturated heterocycles. The maximum absolute atomic E-state index is 12.5. The highest BCUT2D eigenvalue weighted by Crippen LogP contribution is 2.22. The number of rotatable bonds is 5. The van der Waals surface area contributed by atoms with Gasteiger partial charge in [-0.2, -0.15) is 4.31 Å². The third-order valence-corrected chi connectivity index (χ3v) is 6.40. The molecule has 1 aliphatic heterocycles. The number of hydrogen-bond acceptors (Lipinski definition) is 4. The van der Waals surface area contributed by atoms with E-state index in [0.29, 0.717) is 18.8 Å². The summed E-state index contributed by atoms with van der Waals surface area (Å²) in [5, 5.41) is 5.57. The van der Waals surface area contributed by atoms with Crippen LogP contribution in [0.3, 0.4) is 0 Å². The number of carbonyl (C=O) groups excluding carboxylic acids is 1. The highest BCUT2D eigenvalue weighted by Gasteiger charge is 2.26. The van der Waals surface area contributed by atoms with Crippen LogP contribution in [0.1, 0.15) is 18.4 Å². The van der Waals surface area contributed by atoms with E-state index in [1.54, 1.807) is 18.2 Å². The lowest BCUT2D eigenvalue weighted by Crippen LogP contribution is -2.32. The molecule has 1 heterocycles. The fourth-order valence-corrected chi connectivity index (χ4v) is 4.58. The Morgan fingerprint density at radius 1 is 1.00 bits per heavy atom. The van der Waals surface area contributed by atoms with E-state index in [1.165, 1.54) is 22.5 Å². The van der Waals surface area contributed by atoms with Crippen LogP contribution in [-0.2, 0) is 14.8 Å². The van der Waals surface area contributed by atoms with Crippen molar-refractivity contribution in [3.63, 3.8) is 0 Å². The second kappa shape index (κ2) is 9.09. The van der Waals surface area contributed by atoms with Gasteiger partial charge in [0.2, 0.25) is 15.9 Å². The SMILES string of the molecule is O=C(C=Cc1ccccc1)NC(=S)Nc1ccc(S(=O)(=O)N2CCCC2)cc1. The predicted octanol–water partition coefficient (Wildman–Crippen LogP) is 3.00. The second-order valence-electron chi connectivity index (χ2n) is 6.32. The van der Waals surface area contributed by atoms with E-state index in [-0.39, 0.29) is 15.9 Å². The first-order valence-electron chi connectivity index (χ1n) is 8.90. The van der Waals surface area contributed by atoms with E-state index in [9.17, 15) is 13.2 Å². The summed E-state index contributed by atoms with van der Waals surface area (Å²) in [7, 11) is -3.44. The zero-order valence-electron chi connectivity index (χ0n) is 15.2. The molecule has 0 atom stereocenters. The predicted molar refractivity (Wildman–Crippen MR) is 114 cm³/mol. The van der Waals surface area contributed by atoms with Gasteiger partial charge >= 0.3 is 0 Å². The van der Waals surface area contributed by atoms with Crippen molar-refractivity contribution in [1.82, 2.24) is 9.62 Å². The van der Waals surface area contributed by atoms with Crippen molar-refractivity contribution in [2.24, 2.45) is 0 Å². The van der Waals surface area contributed by atoms with E-state index in [2.05, 4.69) is 10.6 Å². The number of nitrogens with one attached hydrogen (secondary N) is 2. The topological polar surface area (TPSA) is 78.5 Å². The lowest BCUT2D eigenvalue weighted by molar-refractivity contribution is -0.115. The van der Waals surface area contributed by atoms with Gasteiger partial charge in [0.1, 0.15) is 0 Å². The molecule has 3 rings (SSSR count). The van der Waals surface area contributed by atoms with Crippen LogP contribution < -0.4 is 10.6 Å². The molecule has 1 amide bonds. The highest BCUT2D eigenvalue weighted by atomic mass is 32.2. The van der Waals surface area contributed by atoms with Gasteiger partial charge in [-0.3, -0.25) is 10.1 Å². The first-order chi connectivity index (χ1) is 13.4. The monoisotopic (exact) mass is 415 g/mol. The lowest BCUT2D eigenvalue weighted by atomic mass is 10.2. The van der Waals surface area contributed by atoms with Crippen molar-refractivity contribution in [2.45, 2.75) is 17.7 Å². The van der Waals surface area contributed by atoms with Gasteiger partial charge in [0.25, 0.3) is 0 Å². The first kappa shape index (κ1) is 20.2. The molecular weight excluding hydrogens is 394 g/mol. The Labute approximate surface area is 170 Å². The van der Waals surface area contributed by atoms with Crippen LogP contribution >= 0.6 is 12.2 Å². The molecule has 0 aromatic heterocycles. The van der Waals surface area contributed by atoms with Gasteiger partial charge < -0.3 is 5.32 Å². The lowest BCUT2D eigenvalue weighted by Gasteiger charge is -2.16. The van der Waals surface area contributed by atoms with Crippen LogP contribution in [0.15, 0.2) is 65.6 Å². The average Bonchev–Trinajstić information content (AvgIpc) is 3.23. The molecule has 0 aliphatic carbocycles. The van der Waals surface area contributed by atoms with Crippen molar-refractivity contribution >= 4 is 45.0 Å². The first-order valence-corrected chi connectivity index (χ1v) is 10.8. The van der Waals surface area contributed by atoms with Gasteiger partial charge in [-0.25, -0.2) is 8.42 Å². The number of carbonyl (C=O) groups is 1. The Morgan fingerprint density at radius 3 is 2.29 bits per heavy atom. The number of nitrogens with zero attached hydrogens (tertiary/aromatic N) is 1. The van der Waals surface area contributed by atoms with Gasteiger partial charge in [0.05, 0.1) is 4.90 Å². The van der Waals surface area contributed by atoms with Crippen LogP contribution in [0.25, 0.3) is 6.08 Å². The Balaban J connectivity index is 1.55. The minimum absolute atomic E-state index is 0.137. The van der Waals surface area contributed by atoms with Gasteiger partial charge in [0, 0.05) is 24.9 Å². The second-order valence-corrected chi connectivity index (χ2v) is 8.67. The van der Waals surface area contributed by atoms with Crippen LogP contribution in [0.5, 0.6) is 0 Å². The molecule has 0 unspecified atom stereocenters. The minimum atomic E-state index is -3.44. The molecule has 8 heteroatoms. The summed E-state index contributed by atoms with van der Waals surface area (Å²) >= 11 is 5.13. The third-order valence-electron chi connectivity index (χ3n) is 4.28. The summed E-state index contributed by atoms with van der Waals surface area (Å²) in [5.41, 5.74) is 1.50. The largest absolute Gasteiger partial charge is 0.332 e. The van der Waals surface area contributed by atoms with Crippen molar-refractivity contribution in [3.05, 3.63) is 66.2 Å². The van der Waals surface area contributed by atoms with Crippen LogP contribution in [-0.4, -0.2) is 36.8 Å². The summed E-state index contributed by atoms with van der Waals surface area (Å²) in [4.78, 5) is 12.2. The number of sulfonamides is 1. The van der Waals surface area contributed by atoms with Crippen LogP contribution in [0, 0.1) is 0 Å². The fourth-order valence-electron chi connectivity index (χ4n) is 2.84. The van der Waals surface area contributed by atoms with E-state index < -0.39 is 10.0 Å². The molecule has 146 valence electrons. The number of thiocarbonyl (C=S) groups is 1. The standard InChI is InChI=1S/C20H21N3O3S2/c24-19(13-8-16-6-2-1-3-7-16)22-20(27)21-17-9-11-18(12-10-17)28(25,26)23-14-4-5-15-23/h1-3,6-13H,4-5,14-15H2,(H2,21,22,24,27). The van der Waals surface area contributed by atoms with E-state index in [4.69, 9.17) is 12.2 Å². The minimum Gasteiger partial charge on any atom is -0.332 e. The zero-order valence-corrected chi connectivity index (χ0v) is 16.8. The Kier molecular flexibility index (Phi) is 6.56. The Hall–Kier alpha value is -2.55. The molecule has 28 heavy (non-hydrogen) atoms. The van der Waals surface area contributed by atoms with Crippen molar-refractivity contribution in [1.29, 1.82) is 0 Å². The van der Waals surface area contributed by atoms with Gasteiger partial charge in [0.15, 0.2) is 5.11 Å². The molecule has 1 fully saturated rings. The van der Waals surface area contributed by atoms with Crippen molar-refractivity contribution < 1.29 is 13.2 Å². The van der Waals surface area contributed by atoms with E-state index >= 15 is 0 Å². The zero-order chi connectivity index (χ0) is 20.0. The van der Waals surface area contributed by atoms with E-state index in [1.807, 2.05) is 30.3 Å². The Morgan fingerprint density at radius 2 is 1.64 bits per heavy atom. The molecular formula is C20H21N3O3S2. The van der Waals surface area contributed by atoms with Gasteiger partial charge in [-0.05, 0) is 61.0 Å². The molecule has 2 aromatic carbocycles. The molecule has 6 nitrogen and oxygen atoms in total. The van der Waals surface area contributed by atoms with Crippen LogP contribution in [0.2, 0.25) is 0 Å². The normalized spacial score (nSPS) is 14.9. The summed E-state index contributed by atoms with van der Waals surface area (Å²) in [6.45, 7) is 1.13. The highest BCUT2D eigenvalue weighted by molar-refractivity contribution is 7.89. The van der Waals surface area contributed by atoms with Crippen molar-refractivity contribution in [2.75, 3.05) is 18.4 Å². The third kappa shape index (κ3) is 5.25. The summed E-state index contributed by atoms with van der Waals surface area (Å²) in [5.74, 6) is -0.352. The molecule has 0 saturated carbocycles. The number of hydrogen-bond donors (Lipinski definition) is 2. The Bertz CT molecular complexity index is 966. The number of anilines is 1. The number of amides is 1. The molecule has 2 N–H and O–H groups in total. The quantitative estimate of drug-likeness (QED) is 0.580. The maximum Gasteiger partial charge on any atom is 0.250 e. The maximum atomic E-state index is 12.5.